The van der Waals surface area contributed by atoms with Gasteiger partial charge in [0.25, 0.3) is 0 Å². The maximum absolute atomic E-state index is 2.83. The summed E-state index contributed by atoms with van der Waals surface area (Å²) in [4.78, 5) is 0. The smallest absolute Gasteiger partial charge is 0.180 e. The van der Waals surface area contributed by atoms with Crippen molar-refractivity contribution in [1.29, 1.82) is 0 Å². The monoisotopic (exact) mass is 1050 g/mol. The van der Waals surface area contributed by atoms with Crippen LogP contribution in [0.3, 0.4) is 0 Å². The largest absolute Gasteiger partial charge is 0.344 e. The average molecular weight is 1050 g/mol. The Morgan fingerprint density at radius 3 is 1.52 bits per heavy atom. The summed E-state index contributed by atoms with van der Waals surface area (Å²) in [6.07, 6.45) is 0. The van der Waals surface area contributed by atoms with Crippen LogP contribution in [0.1, 0.15) is 0 Å². The number of fused-ring (bicyclic) bond motifs is 14. The highest BCUT2D eigenvalue weighted by atomic mass is 31.1. The molecule has 80 heavy (non-hydrogen) atoms. The lowest BCUT2D eigenvalue weighted by Gasteiger charge is -2.31. The number of nitrogens with zero attached hydrogens (tertiary/aromatic N) is 2. The number of hydrogen-bond donors (Lipinski definition) is 0. The van der Waals surface area contributed by atoms with Gasteiger partial charge < -0.3 is 9.13 Å². The van der Waals surface area contributed by atoms with Crippen molar-refractivity contribution in [2.24, 2.45) is 14.1 Å². The van der Waals surface area contributed by atoms with Gasteiger partial charge in [0.1, 0.15) is 0 Å². The van der Waals surface area contributed by atoms with Gasteiger partial charge in [0.2, 0.25) is 0 Å². The van der Waals surface area contributed by atoms with Gasteiger partial charge in [-0.25, -0.2) is 0 Å². The molecule has 16 aromatic rings. The van der Waals surface area contributed by atoms with E-state index in [1.54, 1.807) is 0 Å². The Morgan fingerprint density at radius 1 is 0.275 bits per heavy atom. The molecule has 0 saturated carbocycles. The molecule has 1 aliphatic rings. The molecule has 17 rings (SSSR count). The van der Waals surface area contributed by atoms with E-state index in [-0.39, 0.29) is 0 Å². The van der Waals surface area contributed by atoms with Crippen LogP contribution in [0.2, 0.25) is 0 Å². The van der Waals surface area contributed by atoms with Gasteiger partial charge in [0.15, 0.2) is 8.07 Å². The van der Waals surface area contributed by atoms with Crippen LogP contribution >= 0.6 is 7.53 Å². The molecule has 1 aliphatic heterocycles. The van der Waals surface area contributed by atoms with E-state index >= 15 is 0 Å². The lowest BCUT2D eigenvalue weighted by Crippen LogP contribution is -2.72. The van der Waals surface area contributed by atoms with E-state index in [0.717, 1.165) is 0 Å². The molecule has 13 aromatic carbocycles. The number of rotatable bonds is 6. The molecule has 3 aromatic heterocycles. The summed E-state index contributed by atoms with van der Waals surface area (Å²) in [5, 5.41) is 22.9. The first-order valence-corrected chi connectivity index (χ1v) is 31.2. The number of aromatic nitrogens is 2. The van der Waals surface area contributed by atoms with E-state index in [4.69, 9.17) is 0 Å². The van der Waals surface area contributed by atoms with Crippen LogP contribution in [0.25, 0.3) is 136 Å². The molecule has 0 saturated heterocycles. The van der Waals surface area contributed by atoms with Gasteiger partial charge in [-0.05, 0) is 145 Å². The fourth-order valence-electron chi connectivity index (χ4n) is 14.3. The second-order valence-corrected chi connectivity index (χ2v) is 28.0. The van der Waals surface area contributed by atoms with Gasteiger partial charge in [-0.2, -0.15) is 0 Å². The first-order valence-electron chi connectivity index (χ1n) is 27.8. The van der Waals surface area contributed by atoms with Crippen molar-refractivity contribution in [2.45, 2.75) is 0 Å². The Labute approximate surface area is 465 Å². The van der Waals surface area contributed by atoms with E-state index in [2.05, 4.69) is 296 Å². The highest BCUT2D eigenvalue weighted by Crippen LogP contribution is 2.56. The molecule has 0 spiro atoms. The minimum atomic E-state index is -2.83. The van der Waals surface area contributed by atoms with Crippen molar-refractivity contribution < 1.29 is 0 Å². The molecule has 4 heterocycles. The number of hydrogen-bond acceptors (Lipinski definition) is 0. The first kappa shape index (κ1) is 45.5. The van der Waals surface area contributed by atoms with E-state index in [1.807, 2.05) is 0 Å². The average Bonchev–Trinajstić information content (AvgIpc) is 4.40. The summed E-state index contributed by atoms with van der Waals surface area (Å²) in [5.41, 5.74) is 15.2. The fraction of sp³-hybridized carbons (Fsp3) is 0.0263. The van der Waals surface area contributed by atoms with Crippen molar-refractivity contribution in [1.82, 2.24) is 9.13 Å². The first-order chi connectivity index (χ1) is 39.5. The highest BCUT2D eigenvalue weighted by Gasteiger charge is 2.48. The molecule has 2 nitrogen and oxygen atoms in total. The van der Waals surface area contributed by atoms with Gasteiger partial charge in [0, 0.05) is 67.9 Å². The Hall–Kier alpha value is -9.50. The Morgan fingerprint density at radius 2 is 0.775 bits per heavy atom. The third-order valence-corrected chi connectivity index (χ3v) is 25.5. The molecule has 0 bridgehead atoms. The molecule has 374 valence electrons. The summed E-state index contributed by atoms with van der Waals surface area (Å²) in [5.74, 6) is 0. The Balaban J connectivity index is 0.777. The van der Waals surface area contributed by atoms with Gasteiger partial charge in [-0.3, -0.25) is 0 Å². The third-order valence-electron chi connectivity index (χ3n) is 18.1. The summed E-state index contributed by atoms with van der Waals surface area (Å²) >= 11 is 0. The molecule has 0 radical (unpaired) electrons. The zero-order valence-corrected chi connectivity index (χ0v) is 46.2. The number of benzene rings is 13. The molecule has 2 atom stereocenters. The molecule has 0 amide bonds. The van der Waals surface area contributed by atoms with Gasteiger partial charge >= 0.3 is 0 Å². The maximum atomic E-state index is 2.55. The Kier molecular flexibility index (Phi) is 9.81. The molecular formula is C76H51N2PSi. The summed E-state index contributed by atoms with van der Waals surface area (Å²) in [7, 11) is 0.982. The molecule has 0 N–H and O–H groups in total. The van der Waals surface area contributed by atoms with Crippen molar-refractivity contribution >= 4 is 123 Å². The maximum Gasteiger partial charge on any atom is 0.180 e. The fourth-order valence-corrected chi connectivity index (χ4v) is 22.2. The summed E-state index contributed by atoms with van der Waals surface area (Å²) in [6.45, 7) is 0. The van der Waals surface area contributed by atoms with Gasteiger partial charge in [-0.15, -0.1) is 0 Å². The van der Waals surface area contributed by atoms with Crippen molar-refractivity contribution in [3.8, 4) is 49.8 Å². The highest BCUT2D eigenvalue weighted by molar-refractivity contribution is 7.67. The summed E-state index contributed by atoms with van der Waals surface area (Å²) < 4.78 is 4.77. The second kappa shape index (κ2) is 17.2. The Bertz CT molecular complexity index is 5260. The minimum absolute atomic E-state index is 0.640. The SMILES string of the molecule is Cn1c2cc(-c3ccc4c(c3)[Si](c3ccccc3)(c3ccc(-c5cccc6cc7c(cc56)c5ccc(-c6ccc8c9ccccc9p(-c9ccccc9)c8c6)cc5n7C)cc3)c3ccccc3-4)ccc2c2cc3ccccc3cc21. The van der Waals surface area contributed by atoms with E-state index in [1.165, 1.54) is 157 Å². The van der Waals surface area contributed by atoms with Crippen LogP contribution < -0.4 is 20.7 Å². The lowest BCUT2D eigenvalue weighted by atomic mass is 9.96. The lowest BCUT2D eigenvalue weighted by molar-refractivity contribution is 1.02. The third kappa shape index (κ3) is 6.48. The van der Waals surface area contributed by atoms with Gasteiger partial charge in [-0.1, -0.05) is 238 Å². The van der Waals surface area contributed by atoms with E-state index in [0.29, 0.717) is 0 Å². The summed E-state index contributed by atoms with van der Waals surface area (Å²) in [6, 6.07) is 104. The van der Waals surface area contributed by atoms with Gasteiger partial charge in [0.05, 0.1) is 0 Å². The van der Waals surface area contributed by atoms with Crippen LogP contribution in [-0.4, -0.2) is 17.2 Å². The van der Waals surface area contributed by atoms with Crippen LogP contribution in [-0.2, 0) is 14.1 Å². The molecular weight excluding hydrogens is 1000 g/mol. The van der Waals surface area contributed by atoms with Crippen molar-refractivity contribution in [3.05, 3.63) is 273 Å². The number of aryl methyl sites for hydroxylation is 2. The standard InChI is InChI=1S/C76H51N2PSi/c1-77-69-43-52(31-36-60(69)67-40-49-16-9-10-17-50(49)41-71(67)77)54-33-39-65-64-24-12-14-27-75(64)80(76(65)46-54,57-21-7-4-8-22-57)58-34-28-48(29-35-58)59-25-15-18-55-44-72-68(47-66(55)59)61-37-30-51(42-70(61)78(72)2)53-32-38-63-62-23-11-13-26-73(62)79(74(63)45-53)56-19-5-3-6-20-56/h3-47H,1-2H3. The van der Waals surface area contributed by atoms with E-state index < -0.39 is 15.6 Å². The molecule has 0 fully saturated rings. The molecule has 0 aliphatic carbocycles. The van der Waals surface area contributed by atoms with Crippen LogP contribution in [0.15, 0.2) is 273 Å². The molecule has 4 heteroatoms. The van der Waals surface area contributed by atoms with Crippen LogP contribution in [0, 0.1) is 0 Å². The van der Waals surface area contributed by atoms with Crippen molar-refractivity contribution in [2.75, 3.05) is 0 Å². The zero-order chi connectivity index (χ0) is 52.8. The topological polar surface area (TPSA) is 9.86 Å². The predicted molar refractivity (Wildman–Crippen MR) is 347 cm³/mol. The second-order valence-electron chi connectivity index (χ2n) is 22.1. The molecule has 2 unspecified atom stereocenters. The van der Waals surface area contributed by atoms with Crippen LogP contribution in [0.5, 0.6) is 0 Å². The predicted octanol–water partition coefficient (Wildman–Crippen LogP) is 17.9. The quantitative estimate of drug-likeness (QED) is 0.147. The van der Waals surface area contributed by atoms with Crippen molar-refractivity contribution in [3.63, 3.8) is 0 Å². The van der Waals surface area contributed by atoms with E-state index in [9.17, 15) is 0 Å². The minimum Gasteiger partial charge on any atom is -0.344 e. The normalized spacial score (nSPS) is 14.4. The van der Waals surface area contributed by atoms with Crippen LogP contribution in [0.4, 0.5) is 0 Å². The zero-order valence-electron chi connectivity index (χ0n) is 44.3.